The number of nitrogens with zero attached hydrogens (tertiary/aromatic N) is 3. The molecule has 136 valence electrons. The number of aromatic amines is 2. The summed E-state index contributed by atoms with van der Waals surface area (Å²) in [7, 11) is 0. The molecule has 27 heavy (non-hydrogen) atoms. The van der Waals surface area contributed by atoms with E-state index in [-0.39, 0.29) is 5.69 Å². The van der Waals surface area contributed by atoms with Crippen LogP contribution in [-0.2, 0) is 9.47 Å². The van der Waals surface area contributed by atoms with Crippen LogP contribution in [0.4, 0.5) is 0 Å². The van der Waals surface area contributed by atoms with Crippen LogP contribution in [0.2, 0.25) is 0 Å². The van der Waals surface area contributed by atoms with Crippen molar-refractivity contribution in [2.24, 2.45) is 16.7 Å². The van der Waals surface area contributed by atoms with Crippen LogP contribution in [0.5, 0.6) is 0 Å². The molecule has 4 rings (SSSR count). The summed E-state index contributed by atoms with van der Waals surface area (Å²) in [5.41, 5.74) is -5.70. The number of H-pyrrole nitrogens is 2. The minimum absolute atomic E-state index is 0.104. The zero-order valence-electron chi connectivity index (χ0n) is 14.0. The molecule has 1 aliphatic carbocycles. The summed E-state index contributed by atoms with van der Waals surface area (Å²) >= 11 is 0. The first-order valence-electron chi connectivity index (χ1n) is 8.42. The molecule has 4 atom stereocenters. The Morgan fingerprint density at radius 3 is 2.52 bits per heavy atom. The van der Waals surface area contributed by atoms with Gasteiger partial charge in [-0.2, -0.15) is 15.8 Å². The van der Waals surface area contributed by atoms with Crippen LogP contribution < -0.4 is 11.2 Å². The fourth-order valence-electron chi connectivity index (χ4n) is 4.77. The van der Waals surface area contributed by atoms with E-state index >= 15 is 0 Å². The van der Waals surface area contributed by atoms with Gasteiger partial charge in [0.05, 0.1) is 29.8 Å². The van der Waals surface area contributed by atoms with Crippen LogP contribution in [0.15, 0.2) is 15.7 Å². The van der Waals surface area contributed by atoms with Crippen LogP contribution in [0.1, 0.15) is 37.5 Å². The van der Waals surface area contributed by atoms with Gasteiger partial charge in [0.2, 0.25) is 17.1 Å². The maximum Gasteiger partial charge on any atom is 0.325 e. The quantitative estimate of drug-likeness (QED) is 0.649. The van der Waals surface area contributed by atoms with E-state index in [0.717, 1.165) is 18.9 Å². The Balaban J connectivity index is 2.05. The summed E-state index contributed by atoms with van der Waals surface area (Å²) in [6.07, 6.45) is 0.866. The molecule has 10 heteroatoms. The highest BCUT2D eigenvalue weighted by molar-refractivity contribution is 5.89. The molecular formula is C17H14N6O4. The van der Waals surface area contributed by atoms with Gasteiger partial charge in [0, 0.05) is 12.5 Å². The van der Waals surface area contributed by atoms with Crippen molar-refractivity contribution in [2.75, 3.05) is 0 Å². The smallest absolute Gasteiger partial charge is 0.325 e. The molecule has 2 bridgehead atoms. The number of hydrogen-bond acceptors (Lipinski definition) is 8. The lowest BCUT2D eigenvalue weighted by Crippen LogP contribution is -2.60. The van der Waals surface area contributed by atoms with Crippen molar-refractivity contribution in [2.45, 2.75) is 37.6 Å². The zero-order valence-corrected chi connectivity index (χ0v) is 14.0. The molecule has 0 radical (unpaired) electrons. The van der Waals surface area contributed by atoms with Crippen LogP contribution in [0, 0.1) is 56.2 Å². The van der Waals surface area contributed by atoms with Crippen LogP contribution in [-0.4, -0.2) is 21.7 Å². The fourth-order valence-corrected chi connectivity index (χ4v) is 4.77. The molecule has 3 N–H and O–H groups in total. The molecule has 2 saturated heterocycles. The lowest BCUT2D eigenvalue weighted by molar-refractivity contribution is -0.295. The van der Waals surface area contributed by atoms with Gasteiger partial charge in [-0.3, -0.25) is 15.2 Å². The first kappa shape index (κ1) is 17.0. The normalized spacial score (nSPS) is 35.8. The van der Waals surface area contributed by atoms with E-state index in [9.17, 15) is 25.4 Å². The summed E-state index contributed by atoms with van der Waals surface area (Å²) in [4.78, 5) is 27.9. The number of hydrogen-bond donors (Lipinski definition) is 3. The van der Waals surface area contributed by atoms with Gasteiger partial charge in [0.15, 0.2) is 5.41 Å². The van der Waals surface area contributed by atoms with E-state index in [4.69, 9.17) is 14.9 Å². The van der Waals surface area contributed by atoms with E-state index in [0.29, 0.717) is 12.8 Å². The Kier molecular flexibility index (Phi) is 3.33. The number of rotatable bonds is 1. The monoisotopic (exact) mass is 366 g/mol. The standard InChI is InChI=1S/C17H14N6O4/c18-6-15(7-19)12(9-5-11(24)23-14(25)22-9)26-17-4-2-1-3-10(17)16(15,8-20)13(21)27-17/h5,10,12,21H,1-4H2,(H2,22,23,24,25). The zero-order chi connectivity index (χ0) is 19.4. The molecular weight excluding hydrogens is 352 g/mol. The second kappa shape index (κ2) is 5.29. The first-order valence-corrected chi connectivity index (χ1v) is 8.42. The van der Waals surface area contributed by atoms with Crippen molar-refractivity contribution < 1.29 is 9.47 Å². The number of nitrogens with one attached hydrogen (secondary N) is 3. The Bertz CT molecular complexity index is 1040. The number of ether oxygens (including phenoxy) is 2. The lowest BCUT2D eigenvalue weighted by atomic mass is 9.52. The van der Waals surface area contributed by atoms with Gasteiger partial charge in [-0.05, 0) is 12.8 Å². The maximum atomic E-state index is 11.8. The highest BCUT2D eigenvalue weighted by atomic mass is 16.7. The molecule has 0 amide bonds. The Morgan fingerprint density at radius 1 is 1.15 bits per heavy atom. The largest absolute Gasteiger partial charge is 0.447 e. The average Bonchev–Trinajstić information content (AvgIpc) is 2.86. The van der Waals surface area contributed by atoms with E-state index in [2.05, 4.69) is 4.98 Å². The van der Waals surface area contributed by atoms with Gasteiger partial charge >= 0.3 is 5.69 Å². The van der Waals surface area contributed by atoms with Crippen molar-refractivity contribution in [3.05, 3.63) is 32.6 Å². The molecule has 1 aromatic heterocycles. The summed E-state index contributed by atoms with van der Waals surface area (Å²) in [5, 5.41) is 38.4. The topological polar surface area (TPSA) is 179 Å². The van der Waals surface area contributed by atoms with Crippen molar-refractivity contribution >= 4 is 5.90 Å². The molecule has 1 saturated carbocycles. The number of aromatic nitrogens is 2. The maximum absolute atomic E-state index is 11.8. The van der Waals surface area contributed by atoms with E-state index in [1.165, 1.54) is 0 Å². The molecule has 3 aliphatic rings. The summed E-state index contributed by atoms with van der Waals surface area (Å²) in [6, 6.07) is 6.78. The highest BCUT2D eigenvalue weighted by Gasteiger charge is 2.80. The third-order valence-electron chi connectivity index (χ3n) is 5.88. The van der Waals surface area contributed by atoms with Crippen LogP contribution in [0.3, 0.4) is 0 Å². The summed E-state index contributed by atoms with van der Waals surface area (Å²) in [6.45, 7) is 0. The summed E-state index contributed by atoms with van der Waals surface area (Å²) in [5.74, 6) is -2.48. The van der Waals surface area contributed by atoms with E-state index in [1.54, 1.807) is 0 Å². The van der Waals surface area contributed by atoms with Gasteiger partial charge in [-0.25, -0.2) is 4.79 Å². The SMILES string of the molecule is N#CC1(C#N)C(c2cc(=O)[nH]c(=O)[nH]2)OC23CCCCC2C1(C#N)C(=N)O3. The summed E-state index contributed by atoms with van der Waals surface area (Å²) < 4.78 is 11.8. The molecule has 10 nitrogen and oxygen atoms in total. The number of nitriles is 3. The highest BCUT2D eigenvalue weighted by Crippen LogP contribution is 2.69. The van der Waals surface area contributed by atoms with Crippen molar-refractivity contribution in [3.63, 3.8) is 0 Å². The van der Waals surface area contributed by atoms with Crippen LogP contribution >= 0.6 is 0 Å². The third-order valence-corrected chi connectivity index (χ3v) is 5.88. The Hall–Kier alpha value is -3.42. The third kappa shape index (κ3) is 1.82. The van der Waals surface area contributed by atoms with Crippen molar-refractivity contribution in [1.82, 2.24) is 9.97 Å². The molecule has 0 spiro atoms. The molecule has 3 fully saturated rings. The molecule has 1 aromatic rings. The minimum Gasteiger partial charge on any atom is -0.447 e. The van der Waals surface area contributed by atoms with Gasteiger partial charge in [-0.15, -0.1) is 0 Å². The van der Waals surface area contributed by atoms with Crippen LogP contribution in [0.25, 0.3) is 0 Å². The van der Waals surface area contributed by atoms with Crippen molar-refractivity contribution in [1.29, 1.82) is 21.2 Å². The fraction of sp³-hybridized carbons (Fsp3) is 0.529. The van der Waals surface area contributed by atoms with Gasteiger partial charge in [0.1, 0.15) is 6.10 Å². The Labute approximate surface area is 152 Å². The predicted molar refractivity (Wildman–Crippen MR) is 86.7 cm³/mol. The molecule has 2 aliphatic heterocycles. The van der Waals surface area contributed by atoms with E-state index < -0.39 is 45.8 Å². The van der Waals surface area contributed by atoms with Gasteiger partial charge in [0.25, 0.3) is 5.56 Å². The molecule has 3 heterocycles. The second-order valence-corrected chi connectivity index (χ2v) is 7.03. The van der Waals surface area contributed by atoms with Gasteiger partial charge < -0.3 is 14.5 Å². The molecule has 4 unspecified atom stereocenters. The molecule has 0 aromatic carbocycles. The predicted octanol–water partition coefficient (Wildman–Crippen LogP) is 0.572. The average molecular weight is 366 g/mol. The lowest BCUT2D eigenvalue weighted by Gasteiger charge is -2.51. The first-order chi connectivity index (χ1) is 12.9. The van der Waals surface area contributed by atoms with E-state index in [1.807, 2.05) is 23.2 Å². The second-order valence-electron chi connectivity index (χ2n) is 7.03. The Morgan fingerprint density at radius 2 is 1.89 bits per heavy atom. The van der Waals surface area contributed by atoms with Crippen molar-refractivity contribution in [3.8, 4) is 18.2 Å². The van der Waals surface area contributed by atoms with Gasteiger partial charge in [-0.1, -0.05) is 6.42 Å². The minimum atomic E-state index is -2.17.